The van der Waals surface area contributed by atoms with E-state index in [1.165, 1.54) is 12.1 Å². The van der Waals surface area contributed by atoms with Gasteiger partial charge in [-0.3, -0.25) is 4.94 Å². The summed E-state index contributed by atoms with van der Waals surface area (Å²) in [5, 5.41) is 8.92. The van der Waals surface area contributed by atoms with Crippen LogP contribution in [0.1, 0.15) is 5.56 Å². The summed E-state index contributed by atoms with van der Waals surface area (Å²) in [7, 11) is 0. The van der Waals surface area contributed by atoms with Crippen molar-refractivity contribution in [2.75, 3.05) is 0 Å². The van der Waals surface area contributed by atoms with Crippen molar-refractivity contribution in [1.82, 2.24) is 0 Å². The number of hydrogen-bond donors (Lipinski definition) is 1. The molecule has 1 rings (SSSR count). The Morgan fingerprint density at radius 2 is 2.27 bits per heavy atom. The fourth-order valence-electron chi connectivity index (χ4n) is 0.703. The molecule has 0 unspecified atom stereocenters. The molecule has 2 nitrogen and oxygen atoms in total. The second-order valence-electron chi connectivity index (χ2n) is 2.01. The lowest BCUT2D eigenvalue weighted by Gasteiger charge is -1.99. The van der Waals surface area contributed by atoms with Crippen LogP contribution in [0.3, 0.4) is 0 Å². The molecule has 0 atom stereocenters. The van der Waals surface area contributed by atoms with E-state index in [4.69, 9.17) is 16.7 Å². The fraction of sp³-hybridized carbons (Fsp3) is 0.143. The van der Waals surface area contributed by atoms with Gasteiger partial charge in [0.2, 0.25) is 5.75 Å². The number of benzene rings is 1. The average molecular weight is 177 g/mol. The molecule has 1 N–H and O–H groups in total. The van der Waals surface area contributed by atoms with E-state index in [2.05, 4.69) is 4.94 Å². The Morgan fingerprint density at radius 3 is 2.82 bits per heavy atom. The van der Waals surface area contributed by atoms with Crippen molar-refractivity contribution in [3.63, 3.8) is 0 Å². The molecule has 11 heavy (non-hydrogen) atoms. The van der Waals surface area contributed by atoms with Crippen molar-refractivity contribution in [3.8, 4) is 11.5 Å². The quantitative estimate of drug-likeness (QED) is 0.702. The van der Waals surface area contributed by atoms with Crippen LogP contribution in [0, 0.1) is 0 Å². The third kappa shape index (κ3) is 1.74. The molecule has 1 aromatic rings. The fourth-order valence-corrected chi connectivity index (χ4v) is 0.870. The van der Waals surface area contributed by atoms with E-state index < -0.39 is 0 Å². The van der Waals surface area contributed by atoms with Gasteiger partial charge >= 0.3 is 0 Å². The smallest absolute Gasteiger partial charge is 0.213 e. The zero-order valence-electron chi connectivity index (χ0n) is 5.55. The molecule has 0 heterocycles. The lowest BCUT2D eigenvalue weighted by Crippen LogP contribution is -1.81. The number of alkyl halides is 1. The number of phenolic OH excluding ortho intramolecular Hbond substituents is 1. The van der Waals surface area contributed by atoms with E-state index in [0.717, 1.165) is 0 Å². The summed E-state index contributed by atoms with van der Waals surface area (Å²) in [6.07, 6.45) is 0. The van der Waals surface area contributed by atoms with Crippen LogP contribution in [0.5, 0.6) is 11.5 Å². The summed E-state index contributed by atoms with van der Waals surface area (Å²) in [6.45, 7) is 0. The van der Waals surface area contributed by atoms with E-state index in [-0.39, 0.29) is 17.4 Å². The van der Waals surface area contributed by atoms with Crippen molar-refractivity contribution in [1.29, 1.82) is 0 Å². The molecule has 4 heteroatoms. The van der Waals surface area contributed by atoms with E-state index in [0.29, 0.717) is 5.56 Å². The van der Waals surface area contributed by atoms with E-state index >= 15 is 0 Å². The van der Waals surface area contributed by atoms with Crippen molar-refractivity contribution in [2.45, 2.75) is 5.88 Å². The Balaban J connectivity index is 3.02. The van der Waals surface area contributed by atoms with Gasteiger partial charge in [0.15, 0.2) is 5.75 Å². The topological polar surface area (TPSA) is 29.5 Å². The monoisotopic (exact) mass is 176 g/mol. The number of hydrogen-bond acceptors (Lipinski definition) is 2. The molecule has 0 aliphatic rings. The first-order chi connectivity index (χ1) is 5.27. The second-order valence-corrected chi connectivity index (χ2v) is 2.28. The second kappa shape index (κ2) is 3.44. The number of aromatic hydroxyl groups is 1. The number of phenols is 1. The van der Waals surface area contributed by atoms with Crippen LogP contribution in [0.4, 0.5) is 4.53 Å². The van der Waals surface area contributed by atoms with Gasteiger partial charge in [-0.2, -0.15) is 0 Å². The minimum Gasteiger partial charge on any atom is -0.504 e. The van der Waals surface area contributed by atoms with Crippen LogP contribution in [0.15, 0.2) is 18.2 Å². The summed E-state index contributed by atoms with van der Waals surface area (Å²) in [4.78, 5) is 3.38. The highest BCUT2D eigenvalue weighted by molar-refractivity contribution is 6.17. The van der Waals surface area contributed by atoms with Crippen LogP contribution in [0.2, 0.25) is 0 Å². The molecule has 60 valence electrons. The van der Waals surface area contributed by atoms with Crippen LogP contribution < -0.4 is 4.94 Å². The zero-order chi connectivity index (χ0) is 8.27. The maximum Gasteiger partial charge on any atom is 0.213 e. The number of halogens is 2. The molecule has 0 spiro atoms. The first-order valence-corrected chi connectivity index (χ1v) is 3.48. The van der Waals surface area contributed by atoms with E-state index in [1.807, 2.05) is 0 Å². The standard InChI is InChI=1S/C7H6ClFO2/c8-4-5-1-2-6(10)7(3-5)11-9/h1-3,10H,4H2. The molecule has 0 aliphatic carbocycles. The van der Waals surface area contributed by atoms with Gasteiger partial charge in [-0.05, 0) is 17.7 Å². The van der Waals surface area contributed by atoms with Gasteiger partial charge in [-0.1, -0.05) is 6.07 Å². The van der Waals surface area contributed by atoms with Crippen LogP contribution in [0.25, 0.3) is 0 Å². The molecule has 0 amide bonds. The van der Waals surface area contributed by atoms with Gasteiger partial charge < -0.3 is 5.11 Å². The van der Waals surface area contributed by atoms with E-state index in [9.17, 15) is 4.53 Å². The minimum absolute atomic E-state index is 0.205. The Morgan fingerprint density at radius 1 is 1.55 bits per heavy atom. The molecule has 0 aromatic heterocycles. The molecule has 0 bridgehead atoms. The predicted octanol–water partition coefficient (Wildman–Crippen LogP) is 2.39. The maximum absolute atomic E-state index is 11.6. The van der Waals surface area contributed by atoms with Crippen molar-refractivity contribution < 1.29 is 14.6 Å². The molecule has 0 aliphatic heterocycles. The first kappa shape index (κ1) is 8.14. The lowest BCUT2D eigenvalue weighted by atomic mass is 10.2. The third-order valence-electron chi connectivity index (χ3n) is 1.26. The number of rotatable bonds is 2. The highest BCUT2D eigenvalue weighted by atomic mass is 35.5. The van der Waals surface area contributed by atoms with Gasteiger partial charge in [-0.25, -0.2) is 0 Å². The summed E-state index contributed by atoms with van der Waals surface area (Å²) in [6, 6.07) is 4.25. The van der Waals surface area contributed by atoms with Gasteiger partial charge in [0.05, 0.1) is 0 Å². The largest absolute Gasteiger partial charge is 0.504 e. The molecular formula is C7H6ClFO2. The SMILES string of the molecule is Oc1ccc(CCl)cc1OF. The van der Waals surface area contributed by atoms with Crippen molar-refractivity contribution >= 4 is 11.6 Å². The summed E-state index contributed by atoms with van der Waals surface area (Å²) in [5.41, 5.74) is 0.692. The van der Waals surface area contributed by atoms with Gasteiger partial charge in [-0.15, -0.1) is 11.6 Å². The molecule has 0 fully saturated rings. The highest BCUT2D eigenvalue weighted by Gasteiger charge is 2.03. The molecule has 0 radical (unpaired) electrons. The van der Waals surface area contributed by atoms with Crippen LogP contribution in [-0.4, -0.2) is 5.11 Å². The summed E-state index contributed by atoms with van der Waals surface area (Å²) >= 11 is 5.45. The molecular weight excluding hydrogens is 171 g/mol. The predicted molar refractivity (Wildman–Crippen MR) is 39.4 cm³/mol. The molecule has 0 saturated carbocycles. The normalized spacial score (nSPS) is 9.64. The Kier molecular flexibility index (Phi) is 2.54. The summed E-state index contributed by atoms with van der Waals surface area (Å²) in [5.74, 6) is -0.180. The first-order valence-electron chi connectivity index (χ1n) is 2.94. The molecule has 1 aromatic carbocycles. The van der Waals surface area contributed by atoms with Gasteiger partial charge in [0.25, 0.3) is 0 Å². The zero-order valence-corrected chi connectivity index (χ0v) is 6.31. The molecule has 0 saturated heterocycles. The Labute approximate surface area is 68.1 Å². The highest BCUT2D eigenvalue weighted by Crippen LogP contribution is 2.27. The Hall–Kier alpha value is -0.960. The van der Waals surface area contributed by atoms with E-state index in [1.54, 1.807) is 6.07 Å². The summed E-state index contributed by atoms with van der Waals surface area (Å²) < 4.78 is 11.6. The van der Waals surface area contributed by atoms with Crippen LogP contribution >= 0.6 is 11.6 Å². The van der Waals surface area contributed by atoms with Crippen molar-refractivity contribution in [3.05, 3.63) is 23.8 Å². The minimum atomic E-state index is -0.235. The van der Waals surface area contributed by atoms with Gasteiger partial charge in [0, 0.05) is 10.4 Å². The average Bonchev–Trinajstić information content (AvgIpc) is 2.05. The van der Waals surface area contributed by atoms with Crippen molar-refractivity contribution in [2.24, 2.45) is 0 Å². The van der Waals surface area contributed by atoms with Crippen LogP contribution in [-0.2, 0) is 5.88 Å². The lowest BCUT2D eigenvalue weighted by molar-refractivity contribution is -0.00900. The maximum atomic E-state index is 11.6. The Bertz CT molecular complexity index is 252. The van der Waals surface area contributed by atoms with Gasteiger partial charge in [0.1, 0.15) is 0 Å². The third-order valence-corrected chi connectivity index (χ3v) is 1.57.